The fraction of sp³-hybridized carbons (Fsp3) is 0.364. The van der Waals surface area contributed by atoms with Gasteiger partial charge in [0, 0.05) is 0 Å². The molecule has 5 nitrogen and oxygen atoms in total. The first kappa shape index (κ1) is 12.3. The van der Waals surface area contributed by atoms with Crippen LogP contribution in [0.5, 0.6) is 11.5 Å². The predicted molar refractivity (Wildman–Crippen MR) is 60.4 cm³/mol. The average Bonchev–Trinajstić information content (AvgIpc) is 2.31. The highest BCUT2D eigenvalue weighted by Gasteiger charge is 2.12. The highest BCUT2D eigenvalue weighted by molar-refractivity contribution is 5.96. The SMILES string of the molecule is CCOc1ccc(OCC)c(C(=O)NN)c1. The van der Waals surface area contributed by atoms with Gasteiger partial charge in [0.15, 0.2) is 0 Å². The number of ether oxygens (including phenoxy) is 2. The van der Waals surface area contributed by atoms with Crippen molar-refractivity contribution in [3.8, 4) is 11.5 Å². The van der Waals surface area contributed by atoms with Crippen molar-refractivity contribution in [2.75, 3.05) is 13.2 Å². The lowest BCUT2D eigenvalue weighted by atomic mass is 10.2. The number of nitrogen functional groups attached to an aromatic ring is 1. The van der Waals surface area contributed by atoms with E-state index in [-0.39, 0.29) is 0 Å². The summed E-state index contributed by atoms with van der Waals surface area (Å²) in [5, 5.41) is 0. The number of hydrazine groups is 1. The molecule has 0 spiro atoms. The largest absolute Gasteiger partial charge is 0.494 e. The zero-order chi connectivity index (χ0) is 12.0. The van der Waals surface area contributed by atoms with Crippen LogP contribution in [0, 0.1) is 0 Å². The number of nitrogens with two attached hydrogens (primary N) is 1. The number of hydrogen-bond acceptors (Lipinski definition) is 4. The van der Waals surface area contributed by atoms with Gasteiger partial charge in [-0.25, -0.2) is 5.84 Å². The number of hydrogen-bond donors (Lipinski definition) is 2. The molecule has 0 saturated carbocycles. The van der Waals surface area contributed by atoms with Crippen LogP contribution in [0.1, 0.15) is 24.2 Å². The monoisotopic (exact) mass is 224 g/mol. The van der Waals surface area contributed by atoms with Crippen LogP contribution >= 0.6 is 0 Å². The van der Waals surface area contributed by atoms with E-state index in [0.29, 0.717) is 30.3 Å². The summed E-state index contributed by atoms with van der Waals surface area (Å²) >= 11 is 0. The first-order valence-electron chi connectivity index (χ1n) is 5.13. The summed E-state index contributed by atoms with van der Waals surface area (Å²) < 4.78 is 10.6. The third-order valence-electron chi connectivity index (χ3n) is 1.94. The van der Waals surface area contributed by atoms with Crippen molar-refractivity contribution in [3.63, 3.8) is 0 Å². The van der Waals surface area contributed by atoms with Gasteiger partial charge in [-0.2, -0.15) is 0 Å². The van der Waals surface area contributed by atoms with Gasteiger partial charge >= 0.3 is 0 Å². The number of carbonyl (C=O) groups is 1. The number of amides is 1. The van der Waals surface area contributed by atoms with E-state index in [9.17, 15) is 4.79 Å². The summed E-state index contributed by atoms with van der Waals surface area (Å²) in [5.74, 6) is 5.81. The Morgan fingerprint density at radius 2 is 2.00 bits per heavy atom. The van der Waals surface area contributed by atoms with E-state index in [1.165, 1.54) is 0 Å². The van der Waals surface area contributed by atoms with Crippen LogP contribution in [0.15, 0.2) is 18.2 Å². The molecule has 1 aromatic rings. The molecule has 0 bridgehead atoms. The Labute approximate surface area is 94.5 Å². The Hall–Kier alpha value is -1.75. The van der Waals surface area contributed by atoms with Gasteiger partial charge in [-0.05, 0) is 32.0 Å². The van der Waals surface area contributed by atoms with Gasteiger partial charge in [-0.3, -0.25) is 10.2 Å². The molecular formula is C11H16N2O3. The minimum Gasteiger partial charge on any atom is -0.494 e. The van der Waals surface area contributed by atoms with Gasteiger partial charge in [0.2, 0.25) is 0 Å². The summed E-state index contributed by atoms with van der Waals surface area (Å²) in [4.78, 5) is 11.5. The van der Waals surface area contributed by atoms with E-state index in [0.717, 1.165) is 0 Å². The van der Waals surface area contributed by atoms with E-state index in [1.54, 1.807) is 18.2 Å². The lowest BCUT2D eigenvalue weighted by Crippen LogP contribution is -2.30. The molecule has 0 fully saturated rings. The molecule has 16 heavy (non-hydrogen) atoms. The zero-order valence-corrected chi connectivity index (χ0v) is 9.45. The third-order valence-corrected chi connectivity index (χ3v) is 1.94. The molecule has 0 saturated heterocycles. The van der Waals surface area contributed by atoms with Crippen molar-refractivity contribution in [2.45, 2.75) is 13.8 Å². The Balaban J connectivity index is 3.05. The van der Waals surface area contributed by atoms with Crippen LogP contribution in [0.3, 0.4) is 0 Å². The number of rotatable bonds is 5. The zero-order valence-electron chi connectivity index (χ0n) is 9.45. The summed E-state index contributed by atoms with van der Waals surface area (Å²) in [6.07, 6.45) is 0. The van der Waals surface area contributed by atoms with Gasteiger partial charge in [0.1, 0.15) is 11.5 Å². The van der Waals surface area contributed by atoms with Crippen molar-refractivity contribution in [1.82, 2.24) is 5.43 Å². The predicted octanol–water partition coefficient (Wildman–Crippen LogP) is 1.09. The maximum atomic E-state index is 11.5. The number of nitrogens with one attached hydrogen (secondary N) is 1. The minimum atomic E-state index is -0.398. The molecule has 1 rings (SSSR count). The second-order valence-electron chi connectivity index (χ2n) is 3.00. The molecule has 0 aliphatic rings. The summed E-state index contributed by atoms with van der Waals surface area (Å²) in [6.45, 7) is 4.75. The van der Waals surface area contributed by atoms with Crippen molar-refractivity contribution >= 4 is 5.91 Å². The van der Waals surface area contributed by atoms with Crippen molar-refractivity contribution in [2.24, 2.45) is 5.84 Å². The molecule has 0 aliphatic carbocycles. The second kappa shape index (κ2) is 5.97. The average molecular weight is 224 g/mol. The molecule has 1 amide bonds. The van der Waals surface area contributed by atoms with Crippen LogP contribution in [-0.4, -0.2) is 19.1 Å². The standard InChI is InChI=1S/C11H16N2O3/c1-3-15-8-5-6-10(16-4-2)9(7-8)11(14)13-12/h5-7H,3-4,12H2,1-2H3,(H,13,14). The smallest absolute Gasteiger partial charge is 0.269 e. The van der Waals surface area contributed by atoms with Gasteiger partial charge in [-0.1, -0.05) is 0 Å². The van der Waals surface area contributed by atoms with Gasteiger partial charge in [-0.15, -0.1) is 0 Å². The normalized spacial score (nSPS) is 9.69. The maximum absolute atomic E-state index is 11.5. The van der Waals surface area contributed by atoms with E-state index in [1.807, 2.05) is 13.8 Å². The number of benzene rings is 1. The quantitative estimate of drug-likeness (QED) is 0.446. The summed E-state index contributed by atoms with van der Waals surface area (Å²) in [6, 6.07) is 5.05. The Morgan fingerprint density at radius 3 is 2.56 bits per heavy atom. The van der Waals surface area contributed by atoms with Gasteiger partial charge in [0.25, 0.3) is 5.91 Å². The minimum absolute atomic E-state index is 0.371. The first-order chi connectivity index (χ1) is 7.72. The van der Waals surface area contributed by atoms with E-state index in [2.05, 4.69) is 5.43 Å². The molecular weight excluding hydrogens is 208 g/mol. The topological polar surface area (TPSA) is 73.6 Å². The van der Waals surface area contributed by atoms with Crippen LogP contribution in [-0.2, 0) is 0 Å². The maximum Gasteiger partial charge on any atom is 0.269 e. The lowest BCUT2D eigenvalue weighted by Gasteiger charge is -2.11. The molecule has 0 heterocycles. The van der Waals surface area contributed by atoms with Crippen molar-refractivity contribution < 1.29 is 14.3 Å². The molecule has 0 aliphatic heterocycles. The number of carbonyl (C=O) groups excluding carboxylic acids is 1. The fourth-order valence-electron chi connectivity index (χ4n) is 1.30. The molecule has 0 aromatic heterocycles. The van der Waals surface area contributed by atoms with Crippen LogP contribution in [0.25, 0.3) is 0 Å². The fourth-order valence-corrected chi connectivity index (χ4v) is 1.30. The highest BCUT2D eigenvalue weighted by Crippen LogP contribution is 2.24. The van der Waals surface area contributed by atoms with E-state index < -0.39 is 5.91 Å². The van der Waals surface area contributed by atoms with Crippen molar-refractivity contribution in [3.05, 3.63) is 23.8 Å². The second-order valence-corrected chi connectivity index (χ2v) is 3.00. The molecule has 5 heteroatoms. The first-order valence-corrected chi connectivity index (χ1v) is 5.13. The van der Waals surface area contributed by atoms with Crippen LogP contribution in [0.2, 0.25) is 0 Å². The van der Waals surface area contributed by atoms with Crippen molar-refractivity contribution in [1.29, 1.82) is 0 Å². The molecule has 3 N–H and O–H groups in total. The highest BCUT2D eigenvalue weighted by atomic mass is 16.5. The third kappa shape index (κ3) is 2.87. The molecule has 0 atom stereocenters. The van der Waals surface area contributed by atoms with Gasteiger partial charge < -0.3 is 9.47 Å². The molecule has 88 valence electrons. The molecule has 0 unspecified atom stereocenters. The van der Waals surface area contributed by atoms with E-state index in [4.69, 9.17) is 15.3 Å². The molecule has 1 aromatic carbocycles. The Morgan fingerprint density at radius 1 is 1.31 bits per heavy atom. The van der Waals surface area contributed by atoms with Crippen LogP contribution in [0.4, 0.5) is 0 Å². The Bertz CT molecular complexity index is 366. The summed E-state index contributed by atoms with van der Waals surface area (Å²) in [5.41, 5.74) is 2.45. The van der Waals surface area contributed by atoms with Crippen LogP contribution < -0.4 is 20.7 Å². The lowest BCUT2D eigenvalue weighted by molar-refractivity contribution is 0.0949. The van der Waals surface area contributed by atoms with Gasteiger partial charge in [0.05, 0.1) is 18.8 Å². The molecule has 0 radical (unpaired) electrons. The van der Waals surface area contributed by atoms with E-state index >= 15 is 0 Å². The Kier molecular flexibility index (Phi) is 4.60. The summed E-state index contributed by atoms with van der Waals surface area (Å²) in [7, 11) is 0.